The minimum absolute atomic E-state index is 0.119. The predicted molar refractivity (Wildman–Crippen MR) is 74.5 cm³/mol. The van der Waals surface area contributed by atoms with Crippen molar-refractivity contribution in [2.24, 2.45) is 0 Å². The summed E-state index contributed by atoms with van der Waals surface area (Å²) in [6.07, 6.45) is 7.25. The molecule has 0 aliphatic heterocycles. The summed E-state index contributed by atoms with van der Waals surface area (Å²) in [4.78, 5) is 0. The van der Waals surface area contributed by atoms with Crippen LogP contribution in [0.25, 0.3) is 0 Å². The summed E-state index contributed by atoms with van der Waals surface area (Å²) in [5.41, 5.74) is 0. The number of hydrogen-bond donors (Lipinski definition) is 3. The van der Waals surface area contributed by atoms with E-state index in [1.54, 1.807) is 0 Å². The van der Waals surface area contributed by atoms with E-state index in [0.29, 0.717) is 17.0 Å². The van der Waals surface area contributed by atoms with Crippen molar-refractivity contribution >= 4 is 11.8 Å². The summed E-state index contributed by atoms with van der Waals surface area (Å²) < 4.78 is 0. The molecule has 0 amide bonds. The Hall–Kier alpha value is 0.230. The third-order valence-electron chi connectivity index (χ3n) is 3.38. The van der Waals surface area contributed by atoms with Crippen LogP contribution in [0.4, 0.5) is 0 Å². The van der Waals surface area contributed by atoms with Crippen molar-refractivity contribution in [2.45, 2.75) is 62.8 Å². The molecule has 3 nitrogen and oxygen atoms in total. The Balaban J connectivity index is 2.41. The van der Waals surface area contributed by atoms with Crippen LogP contribution < -0.4 is 5.32 Å². The van der Waals surface area contributed by atoms with Gasteiger partial charge in [0.15, 0.2) is 0 Å². The third-order valence-corrected chi connectivity index (χ3v) is 4.95. The van der Waals surface area contributed by atoms with Gasteiger partial charge in [-0.25, -0.2) is 0 Å². The molecule has 0 radical (unpaired) electrons. The van der Waals surface area contributed by atoms with Crippen LogP contribution in [0.15, 0.2) is 0 Å². The predicted octanol–water partition coefficient (Wildman–Crippen LogP) is 1.77. The summed E-state index contributed by atoms with van der Waals surface area (Å²) in [7, 11) is 0. The zero-order valence-corrected chi connectivity index (χ0v) is 11.7. The topological polar surface area (TPSA) is 52.5 Å². The van der Waals surface area contributed by atoms with Crippen molar-refractivity contribution < 1.29 is 10.2 Å². The van der Waals surface area contributed by atoms with Gasteiger partial charge < -0.3 is 15.5 Å². The van der Waals surface area contributed by atoms with Crippen LogP contribution in [0.1, 0.15) is 45.4 Å². The van der Waals surface area contributed by atoms with Gasteiger partial charge in [-0.1, -0.05) is 32.6 Å². The lowest BCUT2D eigenvalue weighted by Crippen LogP contribution is -2.39. The van der Waals surface area contributed by atoms with Crippen LogP contribution in [0.2, 0.25) is 0 Å². The van der Waals surface area contributed by atoms with E-state index < -0.39 is 6.10 Å². The molecule has 1 rings (SSSR count). The second-order valence-electron chi connectivity index (χ2n) is 4.86. The van der Waals surface area contributed by atoms with Crippen molar-refractivity contribution in [3.63, 3.8) is 0 Å². The first-order chi connectivity index (χ1) is 8.27. The van der Waals surface area contributed by atoms with E-state index in [9.17, 15) is 5.11 Å². The number of nitrogens with one attached hydrogen (secondary N) is 1. The average molecular weight is 261 g/mol. The normalized spacial score (nSPS) is 28.4. The standard InChI is InChI=1S/C13H27NO2S/c1-2-14-12-7-5-3-4-6-8-13(12)17-10-11(16)9-15/h11-16H,2-10H2,1H3. The summed E-state index contributed by atoms with van der Waals surface area (Å²) in [6.45, 7) is 3.05. The second kappa shape index (κ2) is 9.20. The molecule has 1 aliphatic rings. The molecule has 1 fully saturated rings. The van der Waals surface area contributed by atoms with E-state index in [0.717, 1.165) is 6.54 Å². The van der Waals surface area contributed by atoms with Crippen molar-refractivity contribution in [2.75, 3.05) is 18.9 Å². The van der Waals surface area contributed by atoms with Gasteiger partial charge in [0.05, 0.1) is 12.7 Å². The molecule has 1 aliphatic carbocycles. The molecule has 3 unspecified atom stereocenters. The Kier molecular flexibility index (Phi) is 8.27. The maximum Gasteiger partial charge on any atom is 0.0861 e. The summed E-state index contributed by atoms with van der Waals surface area (Å²) in [6, 6.07) is 0.580. The van der Waals surface area contributed by atoms with E-state index in [-0.39, 0.29) is 6.61 Å². The van der Waals surface area contributed by atoms with Gasteiger partial charge in [0.1, 0.15) is 0 Å². The molecule has 1 saturated carbocycles. The lowest BCUT2D eigenvalue weighted by Gasteiger charge is -2.30. The summed E-state index contributed by atoms with van der Waals surface area (Å²) in [5.74, 6) is 0.656. The van der Waals surface area contributed by atoms with Gasteiger partial charge in [-0.3, -0.25) is 0 Å². The average Bonchev–Trinajstić information content (AvgIpc) is 2.31. The number of hydrogen-bond acceptors (Lipinski definition) is 4. The molecule has 0 aromatic heterocycles. The van der Waals surface area contributed by atoms with Crippen LogP contribution in [0, 0.1) is 0 Å². The molecule has 102 valence electrons. The van der Waals surface area contributed by atoms with Gasteiger partial charge in [-0.2, -0.15) is 11.8 Å². The first-order valence-electron chi connectivity index (χ1n) is 6.91. The molecule has 0 bridgehead atoms. The van der Waals surface area contributed by atoms with Crippen molar-refractivity contribution in [3.05, 3.63) is 0 Å². The summed E-state index contributed by atoms with van der Waals surface area (Å²) in [5, 5.41) is 22.5. The SMILES string of the molecule is CCNC1CCCCCCC1SCC(O)CO. The Morgan fingerprint density at radius 1 is 1.24 bits per heavy atom. The fourth-order valence-electron chi connectivity index (χ4n) is 2.43. The largest absolute Gasteiger partial charge is 0.394 e. The molecule has 0 heterocycles. The fraction of sp³-hybridized carbons (Fsp3) is 1.00. The van der Waals surface area contributed by atoms with Crippen LogP contribution in [-0.2, 0) is 0 Å². The van der Waals surface area contributed by atoms with Gasteiger partial charge >= 0.3 is 0 Å². The monoisotopic (exact) mass is 261 g/mol. The van der Waals surface area contributed by atoms with E-state index in [1.165, 1.54) is 38.5 Å². The zero-order chi connectivity index (χ0) is 12.5. The number of thioether (sulfide) groups is 1. The molecule has 3 atom stereocenters. The molecule has 0 aromatic carbocycles. The van der Waals surface area contributed by atoms with Crippen molar-refractivity contribution in [3.8, 4) is 0 Å². The molecular weight excluding hydrogens is 234 g/mol. The highest BCUT2D eigenvalue weighted by molar-refractivity contribution is 8.00. The smallest absolute Gasteiger partial charge is 0.0861 e. The van der Waals surface area contributed by atoms with Gasteiger partial charge in [0.25, 0.3) is 0 Å². The van der Waals surface area contributed by atoms with Crippen molar-refractivity contribution in [1.29, 1.82) is 0 Å². The molecule has 0 aromatic rings. The molecule has 0 spiro atoms. The minimum atomic E-state index is -0.562. The molecule has 0 saturated heterocycles. The van der Waals surface area contributed by atoms with E-state index in [1.807, 2.05) is 11.8 Å². The first kappa shape index (κ1) is 15.3. The van der Waals surface area contributed by atoms with Crippen LogP contribution in [0.5, 0.6) is 0 Å². The molecule has 3 N–H and O–H groups in total. The van der Waals surface area contributed by atoms with Crippen molar-refractivity contribution in [1.82, 2.24) is 5.32 Å². The number of aliphatic hydroxyl groups is 2. The molecular formula is C13H27NO2S. The van der Waals surface area contributed by atoms with E-state index in [4.69, 9.17) is 5.11 Å². The quantitative estimate of drug-likeness (QED) is 0.682. The van der Waals surface area contributed by atoms with Crippen LogP contribution in [0.3, 0.4) is 0 Å². The van der Waals surface area contributed by atoms with Gasteiger partial charge in [-0.05, 0) is 19.4 Å². The molecule has 17 heavy (non-hydrogen) atoms. The fourth-order valence-corrected chi connectivity index (χ4v) is 3.81. The zero-order valence-electron chi connectivity index (χ0n) is 10.9. The lowest BCUT2D eigenvalue weighted by atomic mass is 9.96. The highest BCUT2D eigenvalue weighted by Crippen LogP contribution is 2.27. The van der Waals surface area contributed by atoms with Gasteiger partial charge in [0, 0.05) is 17.0 Å². The lowest BCUT2D eigenvalue weighted by molar-refractivity contribution is 0.113. The van der Waals surface area contributed by atoms with Gasteiger partial charge in [-0.15, -0.1) is 0 Å². The molecule has 4 heteroatoms. The maximum atomic E-state index is 9.44. The van der Waals surface area contributed by atoms with Crippen LogP contribution >= 0.6 is 11.8 Å². The first-order valence-corrected chi connectivity index (χ1v) is 7.96. The Labute approximate surface area is 109 Å². The third kappa shape index (κ3) is 6.09. The maximum absolute atomic E-state index is 9.44. The number of aliphatic hydroxyl groups excluding tert-OH is 2. The highest BCUT2D eigenvalue weighted by Gasteiger charge is 2.23. The number of rotatable bonds is 6. The highest BCUT2D eigenvalue weighted by atomic mass is 32.2. The van der Waals surface area contributed by atoms with Crippen LogP contribution in [-0.4, -0.2) is 46.5 Å². The Bertz CT molecular complexity index is 192. The Morgan fingerprint density at radius 3 is 2.59 bits per heavy atom. The summed E-state index contributed by atoms with van der Waals surface area (Å²) >= 11 is 1.83. The second-order valence-corrected chi connectivity index (χ2v) is 6.14. The van der Waals surface area contributed by atoms with Gasteiger partial charge in [0.2, 0.25) is 0 Å². The van der Waals surface area contributed by atoms with E-state index >= 15 is 0 Å². The minimum Gasteiger partial charge on any atom is -0.394 e. The Morgan fingerprint density at radius 2 is 1.94 bits per heavy atom. The van der Waals surface area contributed by atoms with E-state index in [2.05, 4.69) is 12.2 Å².